The van der Waals surface area contributed by atoms with E-state index in [-0.39, 0.29) is 17.8 Å². The first kappa shape index (κ1) is 17.1. The fourth-order valence-electron chi connectivity index (χ4n) is 2.74. The molecule has 0 saturated heterocycles. The molecule has 1 aliphatic heterocycles. The summed E-state index contributed by atoms with van der Waals surface area (Å²) >= 11 is 0. The van der Waals surface area contributed by atoms with Crippen molar-refractivity contribution in [2.45, 2.75) is 32.8 Å². The molecule has 2 atom stereocenters. The van der Waals surface area contributed by atoms with Crippen molar-refractivity contribution >= 4 is 11.7 Å². The summed E-state index contributed by atoms with van der Waals surface area (Å²) in [6, 6.07) is 5.88. The van der Waals surface area contributed by atoms with Gasteiger partial charge < -0.3 is 10.1 Å². The number of rotatable bonds is 6. The Labute approximate surface area is 146 Å². The van der Waals surface area contributed by atoms with E-state index in [0.29, 0.717) is 19.4 Å². The fraction of sp³-hybridized carbons (Fsp3) is 0.368. The molecule has 130 valence electrons. The van der Waals surface area contributed by atoms with E-state index in [2.05, 4.69) is 15.3 Å². The highest BCUT2D eigenvalue weighted by atomic mass is 16.5. The second-order valence-corrected chi connectivity index (χ2v) is 6.24. The summed E-state index contributed by atoms with van der Waals surface area (Å²) in [4.78, 5) is 32.1. The molecule has 6 heteroatoms. The van der Waals surface area contributed by atoms with Crippen LogP contribution in [0.1, 0.15) is 25.8 Å². The number of hydrogen-bond acceptors (Lipinski definition) is 5. The number of carbonyl (C=O) groups excluding carboxylic acids is 2. The smallest absolute Gasteiger partial charge is 0.287 e. The van der Waals surface area contributed by atoms with E-state index in [4.69, 9.17) is 4.74 Å². The third-order valence-electron chi connectivity index (χ3n) is 4.43. The molecule has 1 amide bonds. The Bertz CT molecular complexity index is 777. The van der Waals surface area contributed by atoms with Gasteiger partial charge in [0.25, 0.3) is 5.91 Å². The number of nitrogens with one attached hydrogen (secondary N) is 1. The molecule has 0 radical (unpaired) electrons. The lowest BCUT2D eigenvalue weighted by Gasteiger charge is -2.12. The minimum Gasteiger partial charge on any atom is -0.488 e. The maximum absolute atomic E-state index is 11.9. The summed E-state index contributed by atoms with van der Waals surface area (Å²) in [5, 5.41) is 2.68. The minimum atomic E-state index is -0.533. The van der Waals surface area contributed by atoms with Crippen molar-refractivity contribution in [3.05, 3.63) is 42.4 Å². The number of fused-ring (bicyclic) bond motifs is 1. The third kappa shape index (κ3) is 3.84. The van der Waals surface area contributed by atoms with Crippen molar-refractivity contribution in [2.24, 2.45) is 5.92 Å². The van der Waals surface area contributed by atoms with Crippen LogP contribution in [0.5, 0.6) is 5.75 Å². The Morgan fingerprint density at radius 1 is 1.36 bits per heavy atom. The van der Waals surface area contributed by atoms with Crippen LogP contribution < -0.4 is 10.1 Å². The van der Waals surface area contributed by atoms with Gasteiger partial charge in [0.1, 0.15) is 11.9 Å². The normalized spacial score (nSPS) is 16.6. The number of hydrogen-bond donors (Lipinski definition) is 1. The van der Waals surface area contributed by atoms with Crippen molar-refractivity contribution in [1.29, 1.82) is 0 Å². The lowest BCUT2D eigenvalue weighted by Crippen LogP contribution is -2.40. The third-order valence-corrected chi connectivity index (χ3v) is 4.43. The Hall–Kier alpha value is -2.76. The minimum absolute atomic E-state index is 0.166. The van der Waals surface area contributed by atoms with Gasteiger partial charge in [0, 0.05) is 30.3 Å². The van der Waals surface area contributed by atoms with Gasteiger partial charge in [-0.25, -0.2) is 0 Å². The highest BCUT2D eigenvalue weighted by Gasteiger charge is 2.26. The van der Waals surface area contributed by atoms with Crippen LogP contribution in [-0.4, -0.2) is 34.3 Å². The summed E-state index contributed by atoms with van der Waals surface area (Å²) in [7, 11) is 0. The van der Waals surface area contributed by atoms with Crippen LogP contribution in [0.2, 0.25) is 0 Å². The lowest BCUT2D eigenvalue weighted by molar-refractivity contribution is -0.140. The zero-order valence-electron chi connectivity index (χ0n) is 14.4. The maximum atomic E-state index is 11.9. The van der Waals surface area contributed by atoms with Crippen molar-refractivity contribution in [3.63, 3.8) is 0 Å². The SMILES string of the molecule is CC[C@@H](C)C(=O)C(=O)NC[C@@H]1Cc2cc(-c3cnccn3)ccc2O1. The molecule has 0 unspecified atom stereocenters. The number of carbonyl (C=O) groups is 2. The zero-order valence-corrected chi connectivity index (χ0v) is 14.4. The highest BCUT2D eigenvalue weighted by Crippen LogP contribution is 2.32. The van der Waals surface area contributed by atoms with Gasteiger partial charge in [-0.1, -0.05) is 13.8 Å². The number of benzene rings is 1. The summed E-state index contributed by atoms with van der Waals surface area (Å²) in [6.07, 6.45) is 6.19. The monoisotopic (exact) mass is 339 g/mol. The molecule has 2 aromatic rings. The van der Waals surface area contributed by atoms with Gasteiger partial charge in [0.15, 0.2) is 0 Å². The molecule has 0 aliphatic carbocycles. The zero-order chi connectivity index (χ0) is 17.8. The number of Topliss-reactive ketones (excluding diaryl/α,β-unsaturated/α-hetero) is 1. The molecule has 0 spiro atoms. The van der Waals surface area contributed by atoms with E-state index in [9.17, 15) is 9.59 Å². The van der Waals surface area contributed by atoms with E-state index >= 15 is 0 Å². The number of aromatic nitrogens is 2. The molecule has 0 bridgehead atoms. The summed E-state index contributed by atoms with van der Waals surface area (Å²) in [6.45, 7) is 3.97. The van der Waals surface area contributed by atoms with E-state index in [1.54, 1.807) is 25.5 Å². The van der Waals surface area contributed by atoms with Gasteiger partial charge in [-0.05, 0) is 30.2 Å². The maximum Gasteiger partial charge on any atom is 0.287 e. The molecule has 6 nitrogen and oxygen atoms in total. The molecule has 3 rings (SSSR count). The Morgan fingerprint density at radius 2 is 2.20 bits per heavy atom. The number of ether oxygens (including phenoxy) is 1. The molecule has 25 heavy (non-hydrogen) atoms. The largest absolute Gasteiger partial charge is 0.488 e. The molecular weight excluding hydrogens is 318 g/mol. The van der Waals surface area contributed by atoms with Crippen molar-refractivity contribution in [3.8, 4) is 17.0 Å². The van der Waals surface area contributed by atoms with E-state index in [1.807, 2.05) is 25.1 Å². The van der Waals surface area contributed by atoms with Crippen LogP contribution in [0.4, 0.5) is 0 Å². The Kier molecular flexibility index (Phi) is 5.07. The van der Waals surface area contributed by atoms with Gasteiger partial charge in [-0.2, -0.15) is 0 Å². The van der Waals surface area contributed by atoms with Crippen LogP contribution in [-0.2, 0) is 16.0 Å². The van der Waals surface area contributed by atoms with Crippen LogP contribution >= 0.6 is 0 Å². The van der Waals surface area contributed by atoms with E-state index < -0.39 is 5.91 Å². The molecule has 1 aromatic heterocycles. The average Bonchev–Trinajstić information content (AvgIpc) is 3.07. The van der Waals surface area contributed by atoms with Crippen LogP contribution in [0.15, 0.2) is 36.8 Å². The molecule has 2 heterocycles. The summed E-state index contributed by atoms with van der Waals surface area (Å²) in [5.74, 6) is -0.353. The standard InChI is InChI=1S/C19H21N3O3/c1-3-12(2)18(23)19(24)22-10-15-9-14-8-13(4-5-17(14)25-15)16-11-20-6-7-21-16/h4-8,11-12,15H,3,9-10H2,1-2H3,(H,22,24)/t12-,15+/m1/s1. The van der Waals surface area contributed by atoms with Crippen molar-refractivity contribution < 1.29 is 14.3 Å². The second kappa shape index (κ2) is 7.42. The number of nitrogens with zero attached hydrogens (tertiary/aromatic N) is 2. The first-order valence-electron chi connectivity index (χ1n) is 8.46. The molecule has 1 N–H and O–H groups in total. The first-order chi connectivity index (χ1) is 12.1. The van der Waals surface area contributed by atoms with Crippen LogP contribution in [0, 0.1) is 5.92 Å². The number of amides is 1. The molecule has 0 fully saturated rings. The number of ketones is 1. The first-order valence-corrected chi connectivity index (χ1v) is 8.46. The Balaban J connectivity index is 1.60. The molecule has 1 aliphatic rings. The molecule has 0 saturated carbocycles. The lowest BCUT2D eigenvalue weighted by atomic mass is 10.0. The fourth-order valence-corrected chi connectivity index (χ4v) is 2.74. The topological polar surface area (TPSA) is 81.2 Å². The summed E-state index contributed by atoms with van der Waals surface area (Å²) < 4.78 is 5.85. The molecular formula is C19H21N3O3. The van der Waals surface area contributed by atoms with Gasteiger partial charge in [-0.15, -0.1) is 0 Å². The molecule has 1 aromatic carbocycles. The van der Waals surface area contributed by atoms with Gasteiger partial charge >= 0.3 is 0 Å². The predicted octanol–water partition coefficient (Wildman–Crippen LogP) is 2.18. The van der Waals surface area contributed by atoms with Gasteiger partial charge in [0.2, 0.25) is 5.78 Å². The van der Waals surface area contributed by atoms with Crippen LogP contribution in [0.25, 0.3) is 11.3 Å². The quantitative estimate of drug-likeness (QED) is 0.816. The Morgan fingerprint density at radius 3 is 2.92 bits per heavy atom. The van der Waals surface area contributed by atoms with Gasteiger partial charge in [-0.3, -0.25) is 19.6 Å². The van der Waals surface area contributed by atoms with Crippen molar-refractivity contribution in [2.75, 3.05) is 6.54 Å². The van der Waals surface area contributed by atoms with Crippen LogP contribution in [0.3, 0.4) is 0 Å². The van der Waals surface area contributed by atoms with E-state index in [0.717, 1.165) is 22.6 Å². The van der Waals surface area contributed by atoms with Gasteiger partial charge in [0.05, 0.1) is 18.4 Å². The van der Waals surface area contributed by atoms with Crippen molar-refractivity contribution in [1.82, 2.24) is 15.3 Å². The predicted molar refractivity (Wildman–Crippen MR) is 93.1 cm³/mol. The summed E-state index contributed by atoms with van der Waals surface area (Å²) in [5.41, 5.74) is 2.85. The highest BCUT2D eigenvalue weighted by molar-refractivity contribution is 6.36. The second-order valence-electron chi connectivity index (χ2n) is 6.24. The average molecular weight is 339 g/mol. The van der Waals surface area contributed by atoms with E-state index in [1.165, 1.54) is 0 Å².